The van der Waals surface area contributed by atoms with Gasteiger partial charge in [-0.05, 0) is 36.2 Å². The molecule has 2 aromatic heterocycles. The summed E-state index contributed by atoms with van der Waals surface area (Å²) in [5.41, 5.74) is 0.955. The Morgan fingerprint density at radius 1 is 1.13 bits per heavy atom. The van der Waals surface area contributed by atoms with E-state index < -0.39 is 17.3 Å². The zero-order chi connectivity index (χ0) is 21.3. The lowest BCUT2D eigenvalue weighted by molar-refractivity contribution is 0.410. The Bertz CT molecular complexity index is 1290. The van der Waals surface area contributed by atoms with E-state index in [9.17, 15) is 13.6 Å². The summed E-state index contributed by atoms with van der Waals surface area (Å²) in [6, 6.07) is 8.95. The first-order chi connectivity index (χ1) is 14.5. The molecule has 0 aliphatic rings. The molecule has 0 amide bonds. The van der Waals surface area contributed by atoms with Crippen molar-refractivity contribution in [1.29, 1.82) is 0 Å². The maximum Gasteiger partial charge on any atom is 0.340 e. The fourth-order valence-corrected chi connectivity index (χ4v) is 3.21. The van der Waals surface area contributed by atoms with E-state index in [1.807, 2.05) is 0 Å². The van der Waals surface area contributed by atoms with Crippen molar-refractivity contribution >= 4 is 16.7 Å². The lowest BCUT2D eigenvalue weighted by atomic mass is 9.99. The summed E-state index contributed by atoms with van der Waals surface area (Å²) in [6.45, 7) is 1.68. The van der Waals surface area contributed by atoms with Gasteiger partial charge in [0.1, 0.15) is 11.4 Å². The van der Waals surface area contributed by atoms with Gasteiger partial charge in [-0.15, -0.1) is 0 Å². The van der Waals surface area contributed by atoms with Crippen molar-refractivity contribution in [1.82, 2.24) is 9.97 Å². The summed E-state index contributed by atoms with van der Waals surface area (Å²) in [5, 5.41) is 3.16. The van der Waals surface area contributed by atoms with Crippen molar-refractivity contribution in [2.75, 3.05) is 12.4 Å². The number of nitrogens with one attached hydrogen (secondary N) is 1. The summed E-state index contributed by atoms with van der Waals surface area (Å²) in [4.78, 5) is 20.4. The van der Waals surface area contributed by atoms with Crippen molar-refractivity contribution in [3.05, 3.63) is 87.5 Å². The van der Waals surface area contributed by atoms with Gasteiger partial charge in [-0.25, -0.2) is 23.5 Å². The van der Waals surface area contributed by atoms with E-state index in [0.717, 1.165) is 0 Å². The Hall–Kier alpha value is -3.81. The van der Waals surface area contributed by atoms with Crippen molar-refractivity contribution in [3.63, 3.8) is 0 Å². The number of aromatic nitrogens is 2. The number of rotatable bonds is 5. The zero-order valence-electron chi connectivity index (χ0n) is 16.2. The van der Waals surface area contributed by atoms with E-state index in [4.69, 9.17) is 9.15 Å². The minimum absolute atomic E-state index is 0.0170. The van der Waals surface area contributed by atoms with Gasteiger partial charge < -0.3 is 14.5 Å². The van der Waals surface area contributed by atoms with Crippen LogP contribution >= 0.6 is 0 Å². The Morgan fingerprint density at radius 2 is 1.90 bits per heavy atom. The number of benzene rings is 2. The van der Waals surface area contributed by atoms with Crippen LogP contribution in [0.4, 0.5) is 14.5 Å². The van der Waals surface area contributed by atoms with Crippen LogP contribution in [0.5, 0.6) is 11.8 Å². The minimum Gasteiger partial charge on any atom is -0.422 e. The molecule has 0 spiro atoms. The van der Waals surface area contributed by atoms with Gasteiger partial charge in [0.05, 0.1) is 5.69 Å². The van der Waals surface area contributed by atoms with Gasteiger partial charge in [-0.1, -0.05) is 12.1 Å². The van der Waals surface area contributed by atoms with E-state index in [1.165, 1.54) is 24.5 Å². The Kier molecular flexibility index (Phi) is 5.14. The molecule has 0 unspecified atom stereocenters. The van der Waals surface area contributed by atoms with Gasteiger partial charge in [-0.2, -0.15) is 0 Å². The number of fused-ring (bicyclic) bond motifs is 1. The van der Waals surface area contributed by atoms with Crippen LogP contribution in [0, 0.1) is 18.6 Å². The van der Waals surface area contributed by atoms with Crippen LogP contribution in [0.3, 0.4) is 0 Å². The molecule has 1 N–H and O–H groups in total. The van der Waals surface area contributed by atoms with Crippen LogP contribution in [-0.2, 0) is 6.42 Å². The first-order valence-corrected chi connectivity index (χ1v) is 9.13. The smallest absolute Gasteiger partial charge is 0.340 e. The first kappa shape index (κ1) is 19.5. The van der Waals surface area contributed by atoms with Gasteiger partial charge in [-0.3, -0.25) is 0 Å². The van der Waals surface area contributed by atoms with Gasteiger partial charge in [0.2, 0.25) is 0 Å². The van der Waals surface area contributed by atoms with Crippen LogP contribution in [0.1, 0.15) is 16.7 Å². The second-order valence-electron chi connectivity index (χ2n) is 6.61. The fourth-order valence-electron chi connectivity index (χ4n) is 3.21. The van der Waals surface area contributed by atoms with Crippen molar-refractivity contribution in [2.24, 2.45) is 0 Å². The zero-order valence-corrected chi connectivity index (χ0v) is 16.2. The molecule has 0 aliphatic heterocycles. The average molecular weight is 409 g/mol. The number of hydrogen-bond donors (Lipinski definition) is 1. The van der Waals surface area contributed by atoms with E-state index in [0.29, 0.717) is 22.2 Å². The molecule has 0 radical (unpaired) electrons. The number of hydrogen-bond acceptors (Lipinski definition) is 6. The van der Waals surface area contributed by atoms with Gasteiger partial charge >= 0.3 is 11.6 Å². The molecule has 0 bridgehead atoms. The van der Waals surface area contributed by atoms with Gasteiger partial charge in [0.25, 0.3) is 0 Å². The molecule has 4 rings (SSSR count). The summed E-state index contributed by atoms with van der Waals surface area (Å²) in [5.74, 6) is -1.28. The molecular weight excluding hydrogens is 392 g/mol. The third-order valence-corrected chi connectivity index (χ3v) is 4.80. The predicted octanol–water partition coefficient (Wildman–Crippen LogP) is 4.59. The molecule has 0 fully saturated rings. The van der Waals surface area contributed by atoms with E-state index >= 15 is 0 Å². The highest BCUT2D eigenvalue weighted by Crippen LogP contribution is 2.30. The van der Waals surface area contributed by atoms with Gasteiger partial charge in [0.15, 0.2) is 11.6 Å². The molecular formula is C22H17F2N3O3. The maximum atomic E-state index is 14.6. The van der Waals surface area contributed by atoms with Crippen molar-refractivity contribution < 1.29 is 17.9 Å². The fraction of sp³-hybridized carbons (Fsp3) is 0.136. The topological polar surface area (TPSA) is 77.2 Å². The lowest BCUT2D eigenvalue weighted by Crippen LogP contribution is -2.12. The average Bonchev–Trinajstić information content (AvgIpc) is 2.74. The van der Waals surface area contributed by atoms with Crippen LogP contribution in [-0.4, -0.2) is 17.0 Å². The normalized spacial score (nSPS) is 10.9. The molecule has 0 saturated heterocycles. The van der Waals surface area contributed by atoms with Crippen molar-refractivity contribution in [2.45, 2.75) is 13.3 Å². The van der Waals surface area contributed by atoms with Gasteiger partial charge in [0, 0.05) is 42.9 Å². The first-order valence-electron chi connectivity index (χ1n) is 9.13. The van der Waals surface area contributed by atoms with Crippen LogP contribution < -0.4 is 15.7 Å². The number of aryl methyl sites for hydroxylation is 1. The summed E-state index contributed by atoms with van der Waals surface area (Å²) >= 11 is 0. The summed E-state index contributed by atoms with van der Waals surface area (Å²) < 4.78 is 40.0. The number of anilines is 1. The van der Waals surface area contributed by atoms with E-state index in [2.05, 4.69) is 15.3 Å². The lowest BCUT2D eigenvalue weighted by Gasteiger charge is -2.12. The Morgan fingerprint density at radius 3 is 2.63 bits per heavy atom. The molecule has 2 aromatic carbocycles. The molecule has 0 atom stereocenters. The second kappa shape index (κ2) is 7.90. The highest BCUT2D eigenvalue weighted by molar-refractivity contribution is 5.82. The summed E-state index contributed by atoms with van der Waals surface area (Å²) in [7, 11) is 1.61. The Labute approximate surface area is 170 Å². The standard InChI is InChI=1S/C22H17F2N3O3/c1-12-14-10-16(23)19(30-22-26-7-4-8-27-22)11-18(14)29-21(28)15(12)9-13-5-3-6-17(25-2)20(13)24/h3-8,10-11,25H,9H2,1-2H3. The number of nitrogens with zero attached hydrogens (tertiary/aromatic N) is 2. The second-order valence-corrected chi connectivity index (χ2v) is 6.61. The van der Waals surface area contributed by atoms with Crippen LogP contribution in [0.2, 0.25) is 0 Å². The largest absolute Gasteiger partial charge is 0.422 e. The minimum atomic E-state index is -0.666. The highest BCUT2D eigenvalue weighted by atomic mass is 19.1. The maximum absolute atomic E-state index is 14.6. The van der Waals surface area contributed by atoms with Crippen LogP contribution in [0.15, 0.2) is 58.0 Å². The third-order valence-electron chi connectivity index (χ3n) is 4.80. The highest BCUT2D eigenvalue weighted by Gasteiger charge is 2.18. The summed E-state index contributed by atoms with van der Waals surface area (Å²) in [6.07, 6.45) is 2.93. The predicted molar refractivity (Wildman–Crippen MR) is 108 cm³/mol. The van der Waals surface area contributed by atoms with Crippen LogP contribution in [0.25, 0.3) is 11.0 Å². The van der Waals surface area contributed by atoms with E-state index in [-0.39, 0.29) is 29.3 Å². The van der Waals surface area contributed by atoms with Crippen molar-refractivity contribution in [3.8, 4) is 11.8 Å². The molecule has 4 aromatic rings. The number of halogens is 2. The molecule has 6 nitrogen and oxygen atoms in total. The molecule has 152 valence electrons. The molecule has 30 heavy (non-hydrogen) atoms. The SMILES string of the molecule is CNc1cccc(Cc2c(C)c3cc(F)c(Oc4ncccn4)cc3oc2=O)c1F. The molecule has 0 saturated carbocycles. The molecule has 0 aliphatic carbocycles. The Balaban J connectivity index is 1.77. The van der Waals surface area contributed by atoms with E-state index in [1.54, 1.807) is 38.2 Å². The monoisotopic (exact) mass is 409 g/mol. The quantitative estimate of drug-likeness (QED) is 0.486. The molecule has 8 heteroatoms. The molecule has 2 heterocycles. The third kappa shape index (κ3) is 3.59. The number of ether oxygens (including phenoxy) is 1.